The largest absolute Gasteiger partial charge is 0.328 e. The fourth-order valence-corrected chi connectivity index (χ4v) is 2.26. The van der Waals surface area contributed by atoms with Crippen LogP contribution in [-0.2, 0) is 0 Å². The van der Waals surface area contributed by atoms with Crippen LogP contribution in [0, 0.1) is 6.92 Å². The molecule has 6 heteroatoms. The van der Waals surface area contributed by atoms with Crippen LogP contribution in [0.1, 0.15) is 45.1 Å². The first-order valence-electron chi connectivity index (χ1n) is 9.03. The molecule has 6 nitrogen and oxygen atoms in total. The number of rotatable bonds is 8. The van der Waals surface area contributed by atoms with Crippen molar-refractivity contribution in [1.82, 2.24) is 9.80 Å². The topological polar surface area (TPSA) is 64.7 Å². The van der Waals surface area contributed by atoms with Gasteiger partial charge in [-0.3, -0.25) is 0 Å². The summed E-state index contributed by atoms with van der Waals surface area (Å²) in [7, 11) is 3.57. The molecule has 0 fully saturated rings. The Kier molecular flexibility index (Phi) is 8.81. The maximum absolute atomic E-state index is 12.2. The van der Waals surface area contributed by atoms with Crippen molar-refractivity contribution < 1.29 is 9.59 Å². The zero-order chi connectivity index (χ0) is 18.8. The van der Waals surface area contributed by atoms with E-state index in [0.717, 1.165) is 44.3 Å². The van der Waals surface area contributed by atoms with E-state index >= 15 is 0 Å². The molecular formula is C19H32N4O2. The van der Waals surface area contributed by atoms with E-state index in [2.05, 4.69) is 24.5 Å². The molecule has 1 aromatic carbocycles. The molecule has 0 aromatic heterocycles. The zero-order valence-electron chi connectivity index (χ0n) is 16.2. The van der Waals surface area contributed by atoms with Crippen molar-refractivity contribution >= 4 is 23.4 Å². The third kappa shape index (κ3) is 7.03. The van der Waals surface area contributed by atoms with Crippen LogP contribution in [0.2, 0.25) is 0 Å². The lowest BCUT2D eigenvalue weighted by Crippen LogP contribution is -2.33. The van der Waals surface area contributed by atoms with Crippen molar-refractivity contribution in [1.29, 1.82) is 0 Å². The van der Waals surface area contributed by atoms with Gasteiger partial charge in [-0.15, -0.1) is 0 Å². The number of carbonyl (C=O) groups excluding carboxylic acids is 2. The first-order valence-corrected chi connectivity index (χ1v) is 9.03. The first kappa shape index (κ1) is 20.8. The molecule has 0 saturated carbocycles. The minimum absolute atomic E-state index is 0.139. The summed E-state index contributed by atoms with van der Waals surface area (Å²) in [6.45, 7) is 7.57. The number of nitrogens with zero attached hydrogens (tertiary/aromatic N) is 2. The van der Waals surface area contributed by atoms with Gasteiger partial charge in [0.25, 0.3) is 0 Å². The van der Waals surface area contributed by atoms with E-state index < -0.39 is 0 Å². The van der Waals surface area contributed by atoms with Gasteiger partial charge >= 0.3 is 12.1 Å². The number of anilines is 2. The van der Waals surface area contributed by atoms with Crippen LogP contribution in [0.15, 0.2) is 18.2 Å². The summed E-state index contributed by atoms with van der Waals surface area (Å²) >= 11 is 0. The number of hydrogen-bond donors (Lipinski definition) is 2. The van der Waals surface area contributed by atoms with Gasteiger partial charge in [0.1, 0.15) is 0 Å². The molecule has 0 saturated heterocycles. The molecule has 2 N–H and O–H groups in total. The van der Waals surface area contributed by atoms with Crippen LogP contribution in [0.4, 0.5) is 21.0 Å². The Bertz CT molecular complexity index is 575. The standard InChI is InChI=1S/C19H32N4O2/c1-6-8-12-22(4)18(24)20-16-11-10-15(3)17(14-16)21-19(25)23(5)13-9-7-2/h10-11,14H,6-9,12-13H2,1-5H3,(H,20,24)(H,21,25). The van der Waals surface area contributed by atoms with Crippen molar-refractivity contribution in [3.8, 4) is 0 Å². The molecular weight excluding hydrogens is 316 g/mol. The zero-order valence-corrected chi connectivity index (χ0v) is 16.2. The van der Waals surface area contributed by atoms with Crippen LogP contribution in [0.5, 0.6) is 0 Å². The molecule has 0 atom stereocenters. The number of aryl methyl sites for hydroxylation is 1. The minimum atomic E-state index is -0.144. The molecule has 0 unspecified atom stereocenters. The highest BCUT2D eigenvalue weighted by Gasteiger charge is 2.12. The fraction of sp³-hybridized carbons (Fsp3) is 0.579. The lowest BCUT2D eigenvalue weighted by molar-refractivity contribution is 0.221. The van der Waals surface area contributed by atoms with Crippen molar-refractivity contribution in [2.24, 2.45) is 0 Å². The lowest BCUT2D eigenvalue weighted by atomic mass is 10.2. The van der Waals surface area contributed by atoms with E-state index in [1.54, 1.807) is 30.0 Å². The van der Waals surface area contributed by atoms with Crippen LogP contribution >= 0.6 is 0 Å². The van der Waals surface area contributed by atoms with Crippen molar-refractivity contribution in [3.63, 3.8) is 0 Å². The predicted molar refractivity (Wildman–Crippen MR) is 104 cm³/mol. The maximum Gasteiger partial charge on any atom is 0.321 e. The SMILES string of the molecule is CCCCN(C)C(=O)Nc1ccc(C)c(NC(=O)N(C)CCCC)c1. The minimum Gasteiger partial charge on any atom is -0.328 e. The van der Waals surface area contributed by atoms with E-state index in [1.807, 2.05) is 19.1 Å². The summed E-state index contributed by atoms with van der Waals surface area (Å²) in [4.78, 5) is 27.8. The predicted octanol–water partition coefficient (Wildman–Crippen LogP) is 4.52. The molecule has 140 valence electrons. The van der Waals surface area contributed by atoms with E-state index in [0.29, 0.717) is 11.4 Å². The molecule has 0 bridgehead atoms. The Labute approximate surface area is 151 Å². The molecule has 0 radical (unpaired) electrons. The molecule has 0 spiro atoms. The van der Waals surface area contributed by atoms with E-state index in [1.165, 1.54) is 0 Å². The van der Waals surface area contributed by atoms with E-state index in [4.69, 9.17) is 0 Å². The number of nitrogens with one attached hydrogen (secondary N) is 2. The van der Waals surface area contributed by atoms with Gasteiger partial charge in [-0.05, 0) is 37.5 Å². The Hall–Kier alpha value is -2.24. The number of amides is 4. The third-order valence-corrected chi connectivity index (χ3v) is 4.12. The summed E-state index contributed by atoms with van der Waals surface area (Å²) in [6.07, 6.45) is 4.04. The monoisotopic (exact) mass is 348 g/mol. The van der Waals surface area contributed by atoms with Crippen LogP contribution in [0.3, 0.4) is 0 Å². The van der Waals surface area contributed by atoms with E-state index in [-0.39, 0.29) is 12.1 Å². The molecule has 0 heterocycles. The number of hydrogen-bond acceptors (Lipinski definition) is 2. The number of carbonyl (C=O) groups is 2. The third-order valence-electron chi connectivity index (χ3n) is 4.12. The highest BCUT2D eigenvalue weighted by Crippen LogP contribution is 2.21. The number of benzene rings is 1. The maximum atomic E-state index is 12.2. The van der Waals surface area contributed by atoms with Gasteiger partial charge in [-0.2, -0.15) is 0 Å². The Morgan fingerprint density at radius 2 is 1.44 bits per heavy atom. The molecule has 0 aliphatic carbocycles. The average molecular weight is 348 g/mol. The van der Waals surface area contributed by atoms with Gasteiger partial charge in [0.2, 0.25) is 0 Å². The average Bonchev–Trinajstić information content (AvgIpc) is 2.60. The second-order valence-electron chi connectivity index (χ2n) is 6.44. The lowest BCUT2D eigenvalue weighted by Gasteiger charge is -2.20. The Balaban J connectivity index is 2.72. The highest BCUT2D eigenvalue weighted by molar-refractivity contribution is 5.93. The second kappa shape index (κ2) is 10.6. The summed E-state index contributed by atoms with van der Waals surface area (Å²) < 4.78 is 0. The van der Waals surface area contributed by atoms with Gasteiger partial charge in [-0.1, -0.05) is 32.8 Å². The summed E-state index contributed by atoms with van der Waals surface area (Å²) in [6, 6.07) is 5.25. The first-order chi connectivity index (χ1) is 11.9. The molecule has 0 aliphatic heterocycles. The number of unbranched alkanes of at least 4 members (excludes halogenated alkanes) is 2. The van der Waals surface area contributed by atoms with Gasteiger partial charge in [0, 0.05) is 38.6 Å². The van der Waals surface area contributed by atoms with Crippen LogP contribution in [-0.4, -0.2) is 49.0 Å². The summed E-state index contributed by atoms with van der Waals surface area (Å²) in [5, 5.41) is 5.80. The van der Waals surface area contributed by atoms with E-state index in [9.17, 15) is 9.59 Å². The number of urea groups is 2. The molecule has 1 rings (SSSR count). The normalized spacial score (nSPS) is 10.3. The molecule has 1 aromatic rings. The van der Waals surface area contributed by atoms with Crippen LogP contribution < -0.4 is 10.6 Å². The second-order valence-corrected chi connectivity index (χ2v) is 6.44. The quantitative estimate of drug-likeness (QED) is 0.725. The smallest absolute Gasteiger partial charge is 0.321 e. The molecule has 25 heavy (non-hydrogen) atoms. The van der Waals surface area contributed by atoms with Crippen molar-refractivity contribution in [2.75, 3.05) is 37.8 Å². The molecule has 4 amide bonds. The van der Waals surface area contributed by atoms with Crippen molar-refractivity contribution in [2.45, 2.75) is 46.5 Å². The molecule has 0 aliphatic rings. The Morgan fingerprint density at radius 3 is 1.96 bits per heavy atom. The summed E-state index contributed by atoms with van der Waals surface area (Å²) in [5.74, 6) is 0. The Morgan fingerprint density at radius 1 is 0.920 bits per heavy atom. The van der Waals surface area contributed by atoms with Gasteiger partial charge in [-0.25, -0.2) is 9.59 Å². The highest BCUT2D eigenvalue weighted by atomic mass is 16.2. The van der Waals surface area contributed by atoms with Crippen LogP contribution in [0.25, 0.3) is 0 Å². The fourth-order valence-electron chi connectivity index (χ4n) is 2.26. The summed E-state index contributed by atoms with van der Waals surface area (Å²) in [5.41, 5.74) is 2.34. The van der Waals surface area contributed by atoms with Gasteiger partial charge in [0.15, 0.2) is 0 Å². The van der Waals surface area contributed by atoms with Gasteiger partial charge in [0.05, 0.1) is 0 Å². The van der Waals surface area contributed by atoms with Gasteiger partial charge < -0.3 is 20.4 Å². The van der Waals surface area contributed by atoms with Crippen molar-refractivity contribution in [3.05, 3.63) is 23.8 Å².